The first-order chi connectivity index (χ1) is 20.0. The maximum atomic E-state index is 5.94. The van der Waals surface area contributed by atoms with Crippen LogP contribution in [-0.4, -0.2) is 24.8 Å². The Labute approximate surface area is 260 Å². The SMILES string of the molecule is COc1cccc2c1N(CCCn1c[n+](Cc3ccc(C)cc3)c3cc(C)c(C)cc31)C[C@@H]1Cc3ccccc3[C@H]21.[Br-]. The molecule has 2 atom stereocenters. The van der Waals surface area contributed by atoms with Crippen LogP contribution in [0, 0.1) is 26.7 Å². The molecule has 0 spiro atoms. The molecular weight excluding hydrogens is 582 g/mol. The molecule has 5 aromatic rings. The van der Waals surface area contributed by atoms with Crippen LogP contribution in [0.2, 0.25) is 0 Å². The Morgan fingerprint density at radius 3 is 2.43 bits per heavy atom. The summed E-state index contributed by atoms with van der Waals surface area (Å²) < 4.78 is 10.8. The van der Waals surface area contributed by atoms with Gasteiger partial charge in [0.15, 0.2) is 11.0 Å². The summed E-state index contributed by atoms with van der Waals surface area (Å²) >= 11 is 0. The van der Waals surface area contributed by atoms with E-state index in [1.807, 2.05) is 7.11 Å². The number of aryl methyl sites for hydroxylation is 4. The standard InChI is InChI=1S/C37H40N3O.BrH/c1-25-13-15-28(16-14-25)22-40-24-39(33-19-26(2)27(3)20-34(33)40)18-8-17-38-23-30-21-29-9-5-6-10-31(29)36(30)32-11-7-12-35(41-4)37(32)38;/h5-7,9-16,19-20,24,30,36H,8,17-18,21-23H2,1-4H3;1H/q+1;/p-1/t30-,36+;/m0./s1. The van der Waals surface area contributed by atoms with Crippen molar-refractivity contribution in [3.8, 4) is 5.75 Å². The largest absolute Gasteiger partial charge is 1.00 e. The maximum Gasteiger partial charge on any atom is 0.245 e. The van der Waals surface area contributed by atoms with Crippen molar-refractivity contribution in [2.24, 2.45) is 5.92 Å². The van der Waals surface area contributed by atoms with Crippen molar-refractivity contribution in [2.75, 3.05) is 25.1 Å². The van der Waals surface area contributed by atoms with E-state index in [2.05, 4.69) is 120 Å². The minimum Gasteiger partial charge on any atom is -1.00 e. The topological polar surface area (TPSA) is 21.3 Å². The zero-order chi connectivity index (χ0) is 28.1. The summed E-state index contributed by atoms with van der Waals surface area (Å²) in [5, 5.41) is 0. The quantitative estimate of drug-likeness (QED) is 0.255. The van der Waals surface area contributed by atoms with Crippen LogP contribution in [0.1, 0.15) is 51.3 Å². The highest BCUT2D eigenvalue weighted by Gasteiger charge is 2.41. The van der Waals surface area contributed by atoms with Crippen LogP contribution in [0.4, 0.5) is 5.69 Å². The molecule has 1 aliphatic carbocycles. The van der Waals surface area contributed by atoms with Crippen molar-refractivity contribution >= 4 is 16.7 Å². The van der Waals surface area contributed by atoms with E-state index in [1.165, 1.54) is 55.7 Å². The second-order valence-electron chi connectivity index (χ2n) is 12.2. The maximum absolute atomic E-state index is 5.94. The van der Waals surface area contributed by atoms with Crippen LogP contribution in [0.5, 0.6) is 5.75 Å². The Kier molecular flexibility index (Phi) is 7.89. The summed E-state index contributed by atoms with van der Waals surface area (Å²) in [6.45, 7) is 10.5. The molecule has 216 valence electrons. The summed E-state index contributed by atoms with van der Waals surface area (Å²) in [6, 6.07) is 29.3. The molecule has 0 bridgehead atoms. The van der Waals surface area contributed by atoms with Gasteiger partial charge in [0.2, 0.25) is 6.33 Å². The van der Waals surface area contributed by atoms with Gasteiger partial charge in [0.05, 0.1) is 19.3 Å². The number of fused-ring (bicyclic) bond motifs is 6. The van der Waals surface area contributed by atoms with Crippen LogP contribution in [0.3, 0.4) is 0 Å². The zero-order valence-electron chi connectivity index (χ0n) is 25.1. The molecule has 1 aromatic heterocycles. The summed E-state index contributed by atoms with van der Waals surface area (Å²) in [7, 11) is 1.81. The minimum absolute atomic E-state index is 0. The third kappa shape index (κ3) is 5.02. The van der Waals surface area contributed by atoms with E-state index >= 15 is 0 Å². The molecule has 0 unspecified atom stereocenters. The second kappa shape index (κ2) is 11.6. The molecule has 0 saturated carbocycles. The van der Waals surface area contributed by atoms with Crippen molar-refractivity contribution in [2.45, 2.75) is 52.6 Å². The van der Waals surface area contributed by atoms with Crippen molar-refractivity contribution in [3.05, 3.63) is 124 Å². The minimum atomic E-state index is 0. The number of aromatic nitrogens is 2. The number of hydrogen-bond acceptors (Lipinski definition) is 2. The number of methoxy groups -OCH3 is 1. The van der Waals surface area contributed by atoms with E-state index in [0.29, 0.717) is 11.8 Å². The molecule has 5 heteroatoms. The molecule has 7 rings (SSSR count). The van der Waals surface area contributed by atoms with Crippen molar-refractivity contribution in [1.82, 2.24) is 4.57 Å². The molecule has 0 saturated heterocycles. The summed E-state index contributed by atoms with van der Waals surface area (Å²) in [4.78, 5) is 2.61. The third-order valence-electron chi connectivity index (χ3n) is 9.49. The number of halogens is 1. The molecule has 0 N–H and O–H groups in total. The van der Waals surface area contributed by atoms with Gasteiger partial charge in [-0.25, -0.2) is 9.13 Å². The second-order valence-corrected chi connectivity index (χ2v) is 12.2. The third-order valence-corrected chi connectivity index (χ3v) is 9.49. The predicted molar refractivity (Wildman–Crippen MR) is 167 cm³/mol. The Balaban J connectivity index is 0.00000316. The van der Waals surface area contributed by atoms with Gasteiger partial charge >= 0.3 is 0 Å². The predicted octanol–water partition coefficient (Wildman–Crippen LogP) is 4.13. The van der Waals surface area contributed by atoms with Crippen LogP contribution < -0.4 is 31.2 Å². The highest BCUT2D eigenvalue weighted by molar-refractivity contribution is 5.74. The number of para-hydroxylation sites is 1. The molecule has 0 radical (unpaired) electrons. The average molecular weight is 623 g/mol. The van der Waals surface area contributed by atoms with Crippen molar-refractivity contribution in [3.63, 3.8) is 0 Å². The Bertz CT molecular complexity index is 1740. The molecule has 0 amide bonds. The summed E-state index contributed by atoms with van der Waals surface area (Å²) in [6.07, 6.45) is 4.56. The van der Waals surface area contributed by atoms with E-state index in [9.17, 15) is 0 Å². The van der Waals surface area contributed by atoms with Gasteiger partial charge in [-0.15, -0.1) is 0 Å². The molecule has 4 nitrogen and oxygen atoms in total. The highest BCUT2D eigenvalue weighted by atomic mass is 79.9. The van der Waals surface area contributed by atoms with Crippen molar-refractivity contribution in [1.29, 1.82) is 0 Å². The van der Waals surface area contributed by atoms with Gasteiger partial charge < -0.3 is 26.6 Å². The lowest BCUT2D eigenvalue weighted by Gasteiger charge is -2.39. The van der Waals surface area contributed by atoms with Gasteiger partial charge in [0.25, 0.3) is 0 Å². The number of ether oxygens (including phenoxy) is 1. The van der Waals surface area contributed by atoms with Crippen molar-refractivity contribution < 1.29 is 26.3 Å². The molecule has 0 fully saturated rings. The molecular formula is C37H40BrN3O. The highest BCUT2D eigenvalue weighted by Crippen LogP contribution is 2.51. The first kappa shape index (κ1) is 28.5. The number of imidazole rings is 1. The van der Waals surface area contributed by atoms with Gasteiger partial charge in [-0.2, -0.15) is 0 Å². The number of nitrogens with zero attached hydrogens (tertiary/aromatic N) is 3. The fourth-order valence-electron chi connectivity index (χ4n) is 7.30. The lowest BCUT2D eigenvalue weighted by molar-refractivity contribution is -0.663. The normalized spacial score (nSPS) is 17.0. The lowest BCUT2D eigenvalue weighted by atomic mass is 9.81. The van der Waals surface area contributed by atoms with Gasteiger partial charge in [0.1, 0.15) is 12.3 Å². The Hall–Kier alpha value is -3.57. The van der Waals surface area contributed by atoms with E-state index in [0.717, 1.165) is 44.8 Å². The molecule has 42 heavy (non-hydrogen) atoms. The monoisotopic (exact) mass is 621 g/mol. The average Bonchev–Trinajstić information content (AvgIpc) is 3.51. The van der Waals surface area contributed by atoms with Gasteiger partial charge in [-0.1, -0.05) is 66.2 Å². The Morgan fingerprint density at radius 1 is 0.857 bits per heavy atom. The first-order valence-corrected chi connectivity index (χ1v) is 15.0. The molecule has 2 heterocycles. The Morgan fingerprint density at radius 2 is 1.62 bits per heavy atom. The molecule has 4 aromatic carbocycles. The van der Waals surface area contributed by atoms with E-state index < -0.39 is 0 Å². The lowest BCUT2D eigenvalue weighted by Crippen LogP contribution is -3.00. The molecule has 2 aliphatic rings. The zero-order valence-corrected chi connectivity index (χ0v) is 26.7. The smallest absolute Gasteiger partial charge is 0.245 e. The van der Waals surface area contributed by atoms with Crippen LogP contribution in [-0.2, 0) is 19.5 Å². The summed E-state index contributed by atoms with van der Waals surface area (Å²) in [5.74, 6) is 2.08. The number of benzene rings is 4. The van der Waals surface area contributed by atoms with E-state index in [-0.39, 0.29) is 17.0 Å². The first-order valence-electron chi connectivity index (χ1n) is 15.0. The number of hydrogen-bond donors (Lipinski definition) is 0. The number of anilines is 1. The molecule has 1 aliphatic heterocycles. The van der Waals surface area contributed by atoms with Gasteiger partial charge in [-0.05, 0) is 84.7 Å². The van der Waals surface area contributed by atoms with E-state index in [1.54, 1.807) is 0 Å². The fraction of sp³-hybridized carbons (Fsp3) is 0.324. The van der Waals surface area contributed by atoms with Gasteiger partial charge in [0, 0.05) is 25.4 Å². The number of rotatable bonds is 7. The van der Waals surface area contributed by atoms with Gasteiger partial charge in [-0.3, -0.25) is 0 Å². The fourth-order valence-corrected chi connectivity index (χ4v) is 7.30. The summed E-state index contributed by atoms with van der Waals surface area (Å²) in [5.41, 5.74) is 13.7. The van der Waals surface area contributed by atoms with Crippen LogP contribution >= 0.6 is 0 Å². The van der Waals surface area contributed by atoms with Crippen LogP contribution in [0.25, 0.3) is 11.0 Å². The van der Waals surface area contributed by atoms with E-state index in [4.69, 9.17) is 4.74 Å². The van der Waals surface area contributed by atoms with Crippen LogP contribution in [0.15, 0.2) is 85.2 Å².